The SMILES string of the molecule is CCOc1ccc(-c2csc(C)n2)cc1S(=O)(=O)NCc1ccc(OC)cc1. The van der Waals surface area contributed by atoms with E-state index >= 15 is 0 Å². The monoisotopic (exact) mass is 418 g/mol. The third-order valence-corrected chi connectivity index (χ3v) is 6.27. The van der Waals surface area contributed by atoms with Crippen LogP contribution in [0.3, 0.4) is 0 Å². The van der Waals surface area contributed by atoms with E-state index in [-0.39, 0.29) is 11.4 Å². The van der Waals surface area contributed by atoms with Gasteiger partial charge in [0.2, 0.25) is 10.0 Å². The third-order valence-electron chi connectivity index (χ3n) is 4.07. The molecule has 0 aliphatic heterocycles. The predicted molar refractivity (Wildman–Crippen MR) is 110 cm³/mol. The quantitative estimate of drug-likeness (QED) is 0.598. The second-order valence-corrected chi connectivity index (χ2v) is 8.82. The molecule has 1 heterocycles. The van der Waals surface area contributed by atoms with Crippen molar-refractivity contribution in [1.29, 1.82) is 0 Å². The van der Waals surface area contributed by atoms with Crippen molar-refractivity contribution in [1.82, 2.24) is 9.71 Å². The first-order valence-corrected chi connectivity index (χ1v) is 11.1. The normalized spacial score (nSPS) is 11.4. The van der Waals surface area contributed by atoms with Gasteiger partial charge in [0.15, 0.2) is 0 Å². The smallest absolute Gasteiger partial charge is 0.244 e. The molecule has 28 heavy (non-hydrogen) atoms. The Morgan fingerprint density at radius 1 is 1.14 bits per heavy atom. The third kappa shape index (κ3) is 4.70. The van der Waals surface area contributed by atoms with E-state index in [0.29, 0.717) is 12.4 Å². The number of sulfonamides is 1. The summed E-state index contributed by atoms with van der Waals surface area (Å²) in [5, 5.41) is 2.83. The van der Waals surface area contributed by atoms with Crippen LogP contribution >= 0.6 is 11.3 Å². The van der Waals surface area contributed by atoms with Crippen LogP contribution in [0.5, 0.6) is 11.5 Å². The first-order chi connectivity index (χ1) is 13.4. The van der Waals surface area contributed by atoms with E-state index in [4.69, 9.17) is 9.47 Å². The van der Waals surface area contributed by atoms with Crippen molar-refractivity contribution >= 4 is 21.4 Å². The predicted octanol–water partition coefficient (Wildman–Crippen LogP) is 4.00. The summed E-state index contributed by atoms with van der Waals surface area (Å²) in [6.07, 6.45) is 0. The fraction of sp³-hybridized carbons (Fsp3) is 0.250. The highest BCUT2D eigenvalue weighted by molar-refractivity contribution is 7.89. The number of nitrogens with one attached hydrogen (secondary N) is 1. The molecule has 0 fully saturated rings. The summed E-state index contributed by atoms with van der Waals surface area (Å²) in [7, 11) is -2.19. The molecule has 3 aromatic rings. The van der Waals surface area contributed by atoms with Gasteiger partial charge in [-0.2, -0.15) is 0 Å². The molecule has 0 radical (unpaired) electrons. The maximum atomic E-state index is 13.0. The van der Waals surface area contributed by atoms with Gasteiger partial charge >= 0.3 is 0 Å². The van der Waals surface area contributed by atoms with Gasteiger partial charge in [0.05, 0.1) is 24.4 Å². The van der Waals surface area contributed by atoms with E-state index in [2.05, 4.69) is 9.71 Å². The number of ether oxygens (including phenoxy) is 2. The lowest BCUT2D eigenvalue weighted by atomic mass is 10.2. The van der Waals surface area contributed by atoms with Gasteiger partial charge in [0.1, 0.15) is 16.4 Å². The van der Waals surface area contributed by atoms with E-state index < -0.39 is 10.0 Å². The molecule has 0 unspecified atom stereocenters. The van der Waals surface area contributed by atoms with Crippen molar-refractivity contribution in [3.05, 3.63) is 58.4 Å². The zero-order valence-electron chi connectivity index (χ0n) is 15.9. The lowest BCUT2D eigenvalue weighted by Crippen LogP contribution is -2.24. The number of thiazole rings is 1. The summed E-state index contributed by atoms with van der Waals surface area (Å²) in [4.78, 5) is 4.54. The summed E-state index contributed by atoms with van der Waals surface area (Å²) in [5.41, 5.74) is 2.31. The maximum absolute atomic E-state index is 13.0. The Morgan fingerprint density at radius 3 is 2.50 bits per heavy atom. The highest BCUT2D eigenvalue weighted by Crippen LogP contribution is 2.31. The van der Waals surface area contributed by atoms with Crippen molar-refractivity contribution < 1.29 is 17.9 Å². The van der Waals surface area contributed by atoms with Crippen LogP contribution in [0.2, 0.25) is 0 Å². The van der Waals surface area contributed by atoms with E-state index in [1.165, 1.54) is 11.3 Å². The zero-order valence-corrected chi connectivity index (χ0v) is 17.6. The minimum Gasteiger partial charge on any atom is -0.497 e. The van der Waals surface area contributed by atoms with Gasteiger partial charge in [-0.25, -0.2) is 18.1 Å². The van der Waals surface area contributed by atoms with Gasteiger partial charge in [0, 0.05) is 17.5 Å². The number of hydrogen-bond acceptors (Lipinski definition) is 6. The van der Waals surface area contributed by atoms with Crippen LogP contribution in [0, 0.1) is 6.92 Å². The molecule has 148 valence electrons. The largest absolute Gasteiger partial charge is 0.497 e. The van der Waals surface area contributed by atoms with Crippen LogP contribution in [0.1, 0.15) is 17.5 Å². The minimum absolute atomic E-state index is 0.103. The number of benzene rings is 2. The standard InChI is InChI=1S/C20H22N2O4S2/c1-4-26-19-10-7-16(18-13-27-14(2)22-18)11-20(19)28(23,24)21-12-15-5-8-17(25-3)9-6-15/h5-11,13,21H,4,12H2,1-3H3. The Hall–Kier alpha value is -2.42. The summed E-state index contributed by atoms with van der Waals surface area (Å²) in [6, 6.07) is 12.3. The number of nitrogens with zero attached hydrogens (tertiary/aromatic N) is 1. The molecule has 8 heteroatoms. The number of hydrogen-bond donors (Lipinski definition) is 1. The number of aryl methyl sites for hydroxylation is 1. The fourth-order valence-electron chi connectivity index (χ4n) is 2.65. The van der Waals surface area contributed by atoms with Crippen molar-refractivity contribution in [2.24, 2.45) is 0 Å². The molecule has 2 aromatic carbocycles. The lowest BCUT2D eigenvalue weighted by Gasteiger charge is -2.13. The van der Waals surface area contributed by atoms with Crippen LogP contribution < -0.4 is 14.2 Å². The van der Waals surface area contributed by atoms with Crippen molar-refractivity contribution in [3.63, 3.8) is 0 Å². The molecule has 0 saturated carbocycles. The highest BCUT2D eigenvalue weighted by Gasteiger charge is 2.21. The van der Waals surface area contributed by atoms with Gasteiger partial charge < -0.3 is 9.47 Å². The minimum atomic E-state index is -3.78. The van der Waals surface area contributed by atoms with Gasteiger partial charge in [-0.1, -0.05) is 12.1 Å². The van der Waals surface area contributed by atoms with E-state index in [1.54, 1.807) is 31.4 Å². The average molecular weight is 419 g/mol. The van der Waals surface area contributed by atoms with Crippen molar-refractivity contribution in [3.8, 4) is 22.8 Å². The van der Waals surface area contributed by atoms with Crippen molar-refractivity contribution in [2.75, 3.05) is 13.7 Å². The Kier molecular flexibility index (Phi) is 6.33. The van der Waals surface area contributed by atoms with Gasteiger partial charge in [-0.3, -0.25) is 0 Å². The molecule has 0 saturated heterocycles. The number of rotatable bonds is 8. The fourth-order valence-corrected chi connectivity index (χ4v) is 4.46. The van der Waals surface area contributed by atoms with Crippen LogP contribution in [-0.4, -0.2) is 27.1 Å². The number of aromatic nitrogens is 1. The highest BCUT2D eigenvalue weighted by atomic mass is 32.2. The zero-order chi connectivity index (χ0) is 20.1. The van der Waals surface area contributed by atoms with E-state index in [0.717, 1.165) is 27.6 Å². The first-order valence-electron chi connectivity index (χ1n) is 8.75. The summed E-state index contributed by atoms with van der Waals surface area (Å²) < 4.78 is 39.3. The van der Waals surface area contributed by atoms with Crippen LogP contribution in [-0.2, 0) is 16.6 Å². The molecule has 3 rings (SSSR count). The molecule has 6 nitrogen and oxygen atoms in total. The van der Waals surface area contributed by atoms with Crippen LogP contribution in [0.25, 0.3) is 11.3 Å². The molecular weight excluding hydrogens is 396 g/mol. The molecule has 0 aliphatic rings. The van der Waals surface area contributed by atoms with Crippen molar-refractivity contribution in [2.45, 2.75) is 25.3 Å². The van der Waals surface area contributed by atoms with Gasteiger partial charge in [-0.05, 0) is 49.7 Å². The lowest BCUT2D eigenvalue weighted by molar-refractivity contribution is 0.331. The molecule has 0 bridgehead atoms. The molecule has 1 aromatic heterocycles. The van der Waals surface area contributed by atoms with Crippen LogP contribution in [0.4, 0.5) is 0 Å². The van der Waals surface area contributed by atoms with Gasteiger partial charge in [0.25, 0.3) is 0 Å². The first kappa shape index (κ1) is 20.3. The van der Waals surface area contributed by atoms with Crippen LogP contribution in [0.15, 0.2) is 52.7 Å². The molecule has 0 aliphatic carbocycles. The summed E-state index contributed by atoms with van der Waals surface area (Å²) in [6.45, 7) is 4.27. The Labute approximate surface area is 169 Å². The maximum Gasteiger partial charge on any atom is 0.244 e. The summed E-state index contributed by atoms with van der Waals surface area (Å²) >= 11 is 1.52. The van der Waals surface area contributed by atoms with E-state index in [1.807, 2.05) is 37.4 Å². The average Bonchev–Trinajstić information content (AvgIpc) is 3.13. The van der Waals surface area contributed by atoms with E-state index in [9.17, 15) is 8.42 Å². The molecule has 0 spiro atoms. The topological polar surface area (TPSA) is 77.5 Å². The Balaban J connectivity index is 1.89. The second kappa shape index (κ2) is 8.72. The van der Waals surface area contributed by atoms with Gasteiger partial charge in [-0.15, -0.1) is 11.3 Å². The molecule has 1 N–H and O–H groups in total. The Morgan fingerprint density at radius 2 is 1.89 bits per heavy atom. The molecule has 0 atom stereocenters. The Bertz CT molecular complexity index is 1040. The second-order valence-electron chi connectivity index (χ2n) is 6.02. The number of methoxy groups -OCH3 is 1. The molecular formula is C20H22N2O4S2. The molecule has 0 amide bonds. The summed E-state index contributed by atoms with van der Waals surface area (Å²) in [5.74, 6) is 1.04.